The summed E-state index contributed by atoms with van der Waals surface area (Å²) in [6.07, 6.45) is 15.9. The summed E-state index contributed by atoms with van der Waals surface area (Å²) in [6.45, 7) is 4.21. The van der Waals surface area contributed by atoms with Gasteiger partial charge >= 0.3 is 5.63 Å². The van der Waals surface area contributed by atoms with Crippen molar-refractivity contribution in [1.82, 2.24) is 0 Å². The van der Waals surface area contributed by atoms with Crippen LogP contribution >= 0.6 is 0 Å². The molecule has 1 aromatic rings. The Morgan fingerprint density at radius 3 is 2.31 bits per heavy atom. The summed E-state index contributed by atoms with van der Waals surface area (Å²) in [4.78, 5) is 12.6. The molecule has 26 heavy (non-hydrogen) atoms. The predicted molar refractivity (Wildman–Crippen MR) is 104 cm³/mol. The highest BCUT2D eigenvalue weighted by atomic mass is 16.4. The summed E-state index contributed by atoms with van der Waals surface area (Å²) < 4.78 is 5.38. The van der Waals surface area contributed by atoms with Crippen LogP contribution in [-0.4, -0.2) is 0 Å². The zero-order valence-electron chi connectivity index (χ0n) is 16.5. The molecule has 0 spiro atoms. The number of hydrogen-bond acceptors (Lipinski definition) is 2. The molecule has 0 aromatic carbocycles. The van der Waals surface area contributed by atoms with Crippen LogP contribution in [0.15, 0.2) is 15.5 Å². The van der Waals surface area contributed by atoms with Crippen molar-refractivity contribution in [2.75, 3.05) is 0 Å². The molecule has 4 aliphatic carbocycles. The van der Waals surface area contributed by atoms with Crippen molar-refractivity contribution in [1.29, 1.82) is 0 Å². The summed E-state index contributed by atoms with van der Waals surface area (Å²) >= 11 is 0. The second-order valence-corrected chi connectivity index (χ2v) is 9.95. The van der Waals surface area contributed by atoms with Gasteiger partial charge in [-0.2, -0.15) is 0 Å². The first-order valence-electron chi connectivity index (χ1n) is 11.2. The molecule has 7 atom stereocenters. The summed E-state index contributed by atoms with van der Waals surface area (Å²) in [5.41, 5.74) is 3.31. The van der Waals surface area contributed by atoms with Crippen LogP contribution in [0.1, 0.15) is 86.8 Å². The quantitative estimate of drug-likeness (QED) is 0.620. The van der Waals surface area contributed by atoms with E-state index >= 15 is 0 Å². The summed E-state index contributed by atoms with van der Waals surface area (Å²) in [6, 6.07) is 0. The molecule has 0 N–H and O–H groups in total. The Bertz CT molecular complexity index is 732. The van der Waals surface area contributed by atoms with Gasteiger partial charge in [0.2, 0.25) is 0 Å². The average molecular weight is 355 g/mol. The molecule has 4 fully saturated rings. The van der Waals surface area contributed by atoms with Crippen molar-refractivity contribution in [3.05, 3.63) is 33.4 Å². The molecule has 5 rings (SSSR count). The van der Waals surface area contributed by atoms with E-state index in [-0.39, 0.29) is 5.63 Å². The third-order valence-corrected chi connectivity index (χ3v) is 9.13. The molecular weight excluding hydrogens is 320 g/mol. The van der Waals surface area contributed by atoms with Crippen LogP contribution in [-0.2, 0) is 0 Å². The zero-order chi connectivity index (χ0) is 17.8. The van der Waals surface area contributed by atoms with E-state index in [1.807, 2.05) is 0 Å². The summed E-state index contributed by atoms with van der Waals surface area (Å²) in [5.74, 6) is 6.11. The predicted octanol–water partition coefficient (Wildman–Crippen LogP) is 5.99. The fourth-order valence-electron chi connectivity index (χ4n) is 7.93. The minimum atomic E-state index is -0.0585. The van der Waals surface area contributed by atoms with Gasteiger partial charge in [-0.1, -0.05) is 19.3 Å². The first-order valence-corrected chi connectivity index (χ1v) is 11.2. The SMILES string of the molecule is Cc1coc(=O)c(C2CCC3C2CCC2C4CCCCC4CCC23)c1C. The van der Waals surface area contributed by atoms with Crippen molar-refractivity contribution < 1.29 is 4.42 Å². The van der Waals surface area contributed by atoms with Gasteiger partial charge in [0.05, 0.1) is 6.26 Å². The van der Waals surface area contributed by atoms with E-state index in [4.69, 9.17) is 4.42 Å². The molecule has 2 nitrogen and oxygen atoms in total. The molecule has 0 radical (unpaired) electrons. The molecule has 0 aliphatic heterocycles. The number of hydrogen-bond donors (Lipinski definition) is 0. The Morgan fingerprint density at radius 2 is 1.42 bits per heavy atom. The highest BCUT2D eigenvalue weighted by Crippen LogP contribution is 2.60. The van der Waals surface area contributed by atoms with Crippen LogP contribution in [0.4, 0.5) is 0 Å². The Labute approximate surface area is 157 Å². The van der Waals surface area contributed by atoms with Gasteiger partial charge in [0.15, 0.2) is 0 Å². The first kappa shape index (κ1) is 17.1. The van der Waals surface area contributed by atoms with Crippen molar-refractivity contribution in [2.45, 2.75) is 84.0 Å². The third kappa shape index (κ3) is 2.54. The second-order valence-electron chi connectivity index (χ2n) is 9.95. The fraction of sp³-hybridized carbons (Fsp3) is 0.792. The fourth-order valence-corrected chi connectivity index (χ4v) is 7.93. The van der Waals surface area contributed by atoms with Crippen LogP contribution < -0.4 is 5.63 Å². The number of rotatable bonds is 1. The molecule has 0 amide bonds. The minimum Gasteiger partial charge on any atom is -0.431 e. The smallest absolute Gasteiger partial charge is 0.339 e. The molecule has 142 valence electrons. The topological polar surface area (TPSA) is 30.2 Å². The van der Waals surface area contributed by atoms with E-state index in [1.54, 1.807) is 6.26 Å². The van der Waals surface area contributed by atoms with Gasteiger partial charge in [0, 0.05) is 5.56 Å². The highest BCUT2D eigenvalue weighted by Gasteiger charge is 2.51. The van der Waals surface area contributed by atoms with E-state index in [2.05, 4.69) is 13.8 Å². The van der Waals surface area contributed by atoms with Crippen LogP contribution in [0.2, 0.25) is 0 Å². The third-order valence-electron chi connectivity index (χ3n) is 9.13. The number of fused-ring (bicyclic) bond motifs is 5. The van der Waals surface area contributed by atoms with Crippen molar-refractivity contribution in [3.8, 4) is 0 Å². The van der Waals surface area contributed by atoms with Gasteiger partial charge in [0.25, 0.3) is 0 Å². The Morgan fingerprint density at radius 1 is 0.769 bits per heavy atom. The van der Waals surface area contributed by atoms with Crippen LogP contribution in [0.25, 0.3) is 0 Å². The Kier molecular flexibility index (Phi) is 4.29. The van der Waals surface area contributed by atoms with Crippen LogP contribution in [0, 0.1) is 49.4 Å². The standard InChI is InChI=1S/C24H34O2/c1-14-13-26-24(25)23(15(14)2)22-12-11-20-19-8-7-16-5-3-4-6-17(16)18(19)9-10-21(20)22/h13,16-22H,3-12H2,1-2H3. The number of aryl methyl sites for hydroxylation is 1. The molecule has 7 unspecified atom stereocenters. The first-order chi connectivity index (χ1) is 12.6. The Balaban J connectivity index is 1.42. The molecule has 0 bridgehead atoms. The van der Waals surface area contributed by atoms with E-state index in [0.717, 1.165) is 46.6 Å². The normalized spacial score (nSPS) is 42.0. The van der Waals surface area contributed by atoms with Crippen molar-refractivity contribution in [2.24, 2.45) is 35.5 Å². The van der Waals surface area contributed by atoms with E-state index in [1.165, 1.54) is 69.8 Å². The highest BCUT2D eigenvalue weighted by molar-refractivity contribution is 5.32. The monoisotopic (exact) mass is 354 g/mol. The lowest BCUT2D eigenvalue weighted by Gasteiger charge is -2.52. The van der Waals surface area contributed by atoms with Crippen LogP contribution in [0.5, 0.6) is 0 Å². The van der Waals surface area contributed by atoms with Gasteiger partial charge in [-0.3, -0.25) is 0 Å². The van der Waals surface area contributed by atoms with E-state index in [9.17, 15) is 4.79 Å². The Hall–Kier alpha value is -1.05. The molecule has 1 heterocycles. The molecule has 0 saturated heterocycles. The van der Waals surface area contributed by atoms with E-state index < -0.39 is 0 Å². The molecular formula is C24H34O2. The lowest BCUT2D eigenvalue weighted by atomic mass is 9.53. The lowest BCUT2D eigenvalue weighted by Crippen LogP contribution is -2.44. The summed E-state index contributed by atoms with van der Waals surface area (Å²) in [5, 5.41) is 0. The van der Waals surface area contributed by atoms with Crippen molar-refractivity contribution in [3.63, 3.8) is 0 Å². The van der Waals surface area contributed by atoms with Gasteiger partial charge in [-0.05, 0) is 111 Å². The van der Waals surface area contributed by atoms with Gasteiger partial charge in [-0.25, -0.2) is 4.79 Å². The minimum absolute atomic E-state index is 0.0585. The maximum Gasteiger partial charge on any atom is 0.339 e. The largest absolute Gasteiger partial charge is 0.431 e. The summed E-state index contributed by atoms with van der Waals surface area (Å²) in [7, 11) is 0. The maximum absolute atomic E-state index is 12.6. The second kappa shape index (κ2) is 6.53. The molecule has 2 heteroatoms. The van der Waals surface area contributed by atoms with Crippen LogP contribution in [0.3, 0.4) is 0 Å². The molecule has 1 aromatic heterocycles. The maximum atomic E-state index is 12.6. The molecule has 4 aliphatic rings. The van der Waals surface area contributed by atoms with Gasteiger partial charge in [0.1, 0.15) is 0 Å². The average Bonchev–Trinajstić information content (AvgIpc) is 3.09. The lowest BCUT2D eigenvalue weighted by molar-refractivity contribution is -0.0207. The van der Waals surface area contributed by atoms with Crippen molar-refractivity contribution >= 4 is 0 Å². The zero-order valence-corrected chi connectivity index (χ0v) is 16.5. The molecule has 4 saturated carbocycles. The van der Waals surface area contributed by atoms with Gasteiger partial charge < -0.3 is 4.42 Å². The van der Waals surface area contributed by atoms with Gasteiger partial charge in [-0.15, -0.1) is 0 Å². The van der Waals surface area contributed by atoms with E-state index in [0.29, 0.717) is 5.92 Å².